The Morgan fingerprint density at radius 2 is 1.75 bits per heavy atom. The maximum absolute atomic E-state index is 9.75. The summed E-state index contributed by atoms with van der Waals surface area (Å²) in [6.45, 7) is 0. The number of benzene rings is 2. The van der Waals surface area contributed by atoms with Crippen LogP contribution < -0.4 is 0 Å². The van der Waals surface area contributed by atoms with Crippen LogP contribution in [0, 0.1) is 11.3 Å². The Hall–Kier alpha value is -1.44. The molecular formula is C14H10Cl2N2OV. The first-order valence-electron chi connectivity index (χ1n) is 5.46. The van der Waals surface area contributed by atoms with Crippen LogP contribution in [0.3, 0.4) is 0 Å². The molecule has 0 fully saturated rings. The molecule has 0 saturated carbocycles. The van der Waals surface area contributed by atoms with Gasteiger partial charge in [0.15, 0.2) is 0 Å². The molecule has 6 heteroatoms. The van der Waals surface area contributed by atoms with Crippen LogP contribution in [0.5, 0.6) is 5.75 Å². The van der Waals surface area contributed by atoms with Crippen molar-refractivity contribution in [2.45, 2.75) is 0 Å². The Morgan fingerprint density at radius 1 is 1.10 bits per heavy atom. The molecule has 0 saturated heterocycles. The van der Waals surface area contributed by atoms with Gasteiger partial charge in [0, 0.05) is 11.8 Å². The van der Waals surface area contributed by atoms with Crippen LogP contribution in [0.15, 0.2) is 53.5 Å². The van der Waals surface area contributed by atoms with Gasteiger partial charge < -0.3 is 5.11 Å². The first kappa shape index (κ1) is 16.6. The van der Waals surface area contributed by atoms with Crippen LogP contribution in [-0.4, -0.2) is 11.3 Å². The number of nitrogens with zero attached hydrogens (tertiary/aromatic N) is 2. The third-order valence-corrected chi connectivity index (χ3v) is 2.30. The molecule has 1 N–H and O–H groups in total. The summed E-state index contributed by atoms with van der Waals surface area (Å²) in [6.07, 6.45) is 1.55. The molecule has 0 atom stereocenters. The molecule has 0 aliphatic carbocycles. The van der Waals surface area contributed by atoms with E-state index < -0.39 is 0 Å². The number of rotatable bonds is 2. The van der Waals surface area contributed by atoms with Crippen LogP contribution in [0.2, 0.25) is 0 Å². The summed E-state index contributed by atoms with van der Waals surface area (Å²) in [5.74, 6) is -0.0327. The van der Waals surface area contributed by atoms with E-state index in [1.54, 1.807) is 24.4 Å². The second kappa shape index (κ2) is 9.47. The van der Waals surface area contributed by atoms with Crippen LogP contribution in [-0.2, 0) is 14.4 Å². The van der Waals surface area contributed by atoms with Crippen molar-refractivity contribution in [1.29, 1.82) is 5.26 Å². The number of aliphatic imine (C=N–C) groups is 1. The minimum absolute atomic E-state index is 0.0327. The molecule has 0 bridgehead atoms. The van der Waals surface area contributed by atoms with E-state index in [9.17, 15) is 5.11 Å². The Kier molecular flexibility index (Phi) is 7.86. The van der Waals surface area contributed by atoms with Crippen LogP contribution in [0.4, 0.5) is 5.69 Å². The molecule has 2 rings (SSSR count). The predicted octanol–water partition coefficient (Wildman–Crippen LogP) is 4.39. The van der Waals surface area contributed by atoms with E-state index in [4.69, 9.17) is 25.0 Å². The summed E-state index contributed by atoms with van der Waals surface area (Å²) in [6, 6.07) is 16.3. The van der Waals surface area contributed by atoms with Gasteiger partial charge in [-0.2, -0.15) is 5.26 Å². The number of aromatic hydroxyl groups is 1. The Labute approximate surface area is 132 Å². The number of hydrogen-bond acceptors (Lipinski definition) is 3. The summed E-state index contributed by atoms with van der Waals surface area (Å²) in [5.41, 5.74) is 1.59. The van der Waals surface area contributed by atoms with Crippen LogP contribution in [0.25, 0.3) is 0 Å². The van der Waals surface area contributed by atoms with Crippen LogP contribution >= 0.6 is 19.7 Å². The number of para-hydroxylation sites is 2. The molecule has 0 unspecified atom stereocenters. The van der Waals surface area contributed by atoms with E-state index in [2.05, 4.69) is 4.99 Å². The van der Waals surface area contributed by atoms with Crippen molar-refractivity contribution >= 4 is 31.6 Å². The molecule has 0 aliphatic heterocycles. The third-order valence-electron chi connectivity index (χ3n) is 2.30. The molecule has 20 heavy (non-hydrogen) atoms. The quantitative estimate of drug-likeness (QED) is 0.822. The summed E-state index contributed by atoms with van der Waals surface area (Å²) in [5, 5.41) is 18.5. The van der Waals surface area contributed by atoms with Gasteiger partial charge in [-0.15, -0.1) is 0 Å². The molecule has 0 spiro atoms. The zero-order valence-corrected chi connectivity index (χ0v) is 13.1. The molecule has 101 valence electrons. The standard InChI is InChI=1S/C14H10N2O.2ClH.V/c15-9-11-5-4-6-12(14(11)17)10-16-13-7-2-1-3-8-13;;;/h1-8,10,17H;2*1H;/q;;;+2/p-2. The summed E-state index contributed by atoms with van der Waals surface area (Å²) >= 11 is -0.368. The van der Waals surface area contributed by atoms with Gasteiger partial charge in [0.05, 0.1) is 11.3 Å². The van der Waals surface area contributed by atoms with Crippen molar-refractivity contribution in [1.82, 2.24) is 0 Å². The number of nitriles is 1. The van der Waals surface area contributed by atoms with E-state index in [-0.39, 0.29) is 25.7 Å². The fraction of sp³-hybridized carbons (Fsp3) is 0. The maximum atomic E-state index is 9.75. The van der Waals surface area contributed by atoms with Gasteiger partial charge in [-0.1, -0.05) is 24.3 Å². The second-order valence-corrected chi connectivity index (χ2v) is 5.82. The normalized spacial score (nSPS) is 9.45. The molecule has 0 radical (unpaired) electrons. The van der Waals surface area contributed by atoms with E-state index in [1.807, 2.05) is 36.4 Å². The van der Waals surface area contributed by atoms with Crippen LogP contribution in [0.1, 0.15) is 11.1 Å². The Balaban J connectivity index is 0.000000612. The number of hydrogen-bond donors (Lipinski definition) is 1. The summed E-state index contributed by atoms with van der Waals surface area (Å²) < 4.78 is 0. The Morgan fingerprint density at radius 3 is 2.35 bits per heavy atom. The molecule has 3 nitrogen and oxygen atoms in total. The zero-order chi connectivity index (χ0) is 14.8. The molecule has 0 amide bonds. The van der Waals surface area contributed by atoms with Gasteiger partial charge >= 0.3 is 34.1 Å². The number of phenolic OH excluding ortho intramolecular Hbond substituents is 1. The number of halogens is 2. The third kappa shape index (κ3) is 5.28. The first-order valence-corrected chi connectivity index (χ1v) is 9.30. The zero-order valence-electron chi connectivity index (χ0n) is 10.2. The molecule has 0 heterocycles. The predicted molar refractivity (Wildman–Crippen MR) is 78.2 cm³/mol. The molecule has 2 aromatic carbocycles. The Bertz CT molecular complexity index is 612. The molecular weight excluding hydrogens is 334 g/mol. The van der Waals surface area contributed by atoms with Gasteiger partial charge in [0.25, 0.3) is 0 Å². The number of phenols is 1. The molecule has 2 aromatic rings. The average molecular weight is 344 g/mol. The van der Waals surface area contributed by atoms with E-state index in [1.165, 1.54) is 0 Å². The fourth-order valence-electron chi connectivity index (χ4n) is 1.41. The second-order valence-electron chi connectivity index (χ2n) is 3.51. The monoisotopic (exact) mass is 343 g/mol. The van der Waals surface area contributed by atoms with E-state index in [0.29, 0.717) is 5.56 Å². The van der Waals surface area contributed by atoms with Crippen molar-refractivity contribution in [3.05, 3.63) is 59.7 Å². The van der Waals surface area contributed by atoms with Gasteiger partial charge in [-0.3, -0.25) is 4.99 Å². The van der Waals surface area contributed by atoms with Gasteiger partial charge in [0.1, 0.15) is 11.8 Å². The van der Waals surface area contributed by atoms with Gasteiger partial charge in [-0.05, 0) is 24.3 Å². The SMILES string of the molecule is N#Cc1cccc(C=Nc2ccccc2)c1O.[Cl][V][Cl]. The van der Waals surface area contributed by atoms with Gasteiger partial charge in [-0.25, -0.2) is 0 Å². The van der Waals surface area contributed by atoms with Crippen molar-refractivity contribution in [3.8, 4) is 11.8 Å². The van der Waals surface area contributed by atoms with Crippen molar-refractivity contribution < 1.29 is 19.5 Å². The first-order chi connectivity index (χ1) is 9.72. The summed E-state index contributed by atoms with van der Waals surface area (Å²) in [4.78, 5) is 4.22. The molecule has 0 aromatic heterocycles. The summed E-state index contributed by atoms with van der Waals surface area (Å²) in [7, 11) is 9.72. The topological polar surface area (TPSA) is 56.4 Å². The van der Waals surface area contributed by atoms with Crippen molar-refractivity contribution in [2.75, 3.05) is 0 Å². The van der Waals surface area contributed by atoms with E-state index >= 15 is 0 Å². The van der Waals surface area contributed by atoms with Gasteiger partial charge in [0.2, 0.25) is 0 Å². The minimum atomic E-state index is -0.368. The van der Waals surface area contributed by atoms with E-state index in [0.717, 1.165) is 5.69 Å². The van der Waals surface area contributed by atoms with Crippen molar-refractivity contribution in [2.24, 2.45) is 4.99 Å². The average Bonchev–Trinajstić information content (AvgIpc) is 2.48. The van der Waals surface area contributed by atoms with Crippen molar-refractivity contribution in [3.63, 3.8) is 0 Å². The fourth-order valence-corrected chi connectivity index (χ4v) is 1.41. The molecule has 0 aliphatic rings.